The van der Waals surface area contributed by atoms with Gasteiger partial charge in [-0.3, -0.25) is 4.90 Å². The van der Waals surface area contributed by atoms with Gasteiger partial charge in [0.1, 0.15) is 5.82 Å². The molecular formula is C14H19FN2. The second-order valence-corrected chi connectivity index (χ2v) is 3.77. The van der Waals surface area contributed by atoms with E-state index in [4.69, 9.17) is 5.73 Å². The first-order valence-electron chi connectivity index (χ1n) is 5.91. The third-order valence-electron chi connectivity index (χ3n) is 2.68. The van der Waals surface area contributed by atoms with Crippen molar-refractivity contribution >= 4 is 0 Å². The summed E-state index contributed by atoms with van der Waals surface area (Å²) in [6.07, 6.45) is 0. The van der Waals surface area contributed by atoms with Gasteiger partial charge in [0.25, 0.3) is 0 Å². The van der Waals surface area contributed by atoms with Gasteiger partial charge in [0, 0.05) is 17.7 Å². The van der Waals surface area contributed by atoms with Crippen molar-refractivity contribution in [2.45, 2.75) is 20.4 Å². The molecule has 0 saturated carbocycles. The molecule has 0 aliphatic rings. The molecule has 2 nitrogen and oxygen atoms in total. The molecule has 1 aromatic rings. The zero-order valence-corrected chi connectivity index (χ0v) is 10.5. The first kappa shape index (κ1) is 13.7. The molecular weight excluding hydrogens is 215 g/mol. The number of nitrogens with two attached hydrogens (primary N) is 1. The summed E-state index contributed by atoms with van der Waals surface area (Å²) in [6, 6.07) is 5.11. The molecule has 0 amide bonds. The number of benzene rings is 1. The van der Waals surface area contributed by atoms with E-state index in [2.05, 4.69) is 30.6 Å². The molecule has 0 aliphatic heterocycles. The molecule has 0 aromatic heterocycles. The standard InChI is InChI=1S/C14H19FN2/c1-3-17(4-2)11-13-8-7-12(6-5-9-16)10-14(13)15/h7-8,10H,3-4,9,11,16H2,1-2H3. The maximum atomic E-state index is 13.8. The van der Waals surface area contributed by atoms with Crippen molar-refractivity contribution in [3.8, 4) is 11.8 Å². The molecule has 0 atom stereocenters. The predicted molar refractivity (Wildman–Crippen MR) is 69.0 cm³/mol. The van der Waals surface area contributed by atoms with Crippen LogP contribution in [0.15, 0.2) is 18.2 Å². The summed E-state index contributed by atoms with van der Waals surface area (Å²) in [6.45, 7) is 6.92. The Morgan fingerprint density at radius 1 is 1.29 bits per heavy atom. The van der Waals surface area contributed by atoms with Gasteiger partial charge in [-0.25, -0.2) is 4.39 Å². The molecule has 0 spiro atoms. The van der Waals surface area contributed by atoms with Crippen molar-refractivity contribution in [2.24, 2.45) is 5.73 Å². The van der Waals surface area contributed by atoms with E-state index in [0.717, 1.165) is 13.1 Å². The van der Waals surface area contributed by atoms with Crippen molar-refractivity contribution < 1.29 is 4.39 Å². The largest absolute Gasteiger partial charge is 0.320 e. The Kier molecular flexibility index (Phi) is 5.68. The second kappa shape index (κ2) is 7.05. The van der Waals surface area contributed by atoms with Crippen LogP contribution in [0.3, 0.4) is 0 Å². The van der Waals surface area contributed by atoms with Crippen LogP contribution in [0.5, 0.6) is 0 Å². The zero-order chi connectivity index (χ0) is 12.7. The van der Waals surface area contributed by atoms with E-state index in [1.807, 2.05) is 6.07 Å². The third kappa shape index (κ3) is 4.18. The molecule has 1 aromatic carbocycles. The van der Waals surface area contributed by atoms with E-state index in [1.54, 1.807) is 6.07 Å². The molecule has 0 heterocycles. The first-order chi connectivity index (χ1) is 8.21. The van der Waals surface area contributed by atoms with Gasteiger partial charge >= 0.3 is 0 Å². The Morgan fingerprint density at radius 3 is 2.53 bits per heavy atom. The van der Waals surface area contributed by atoms with Crippen LogP contribution in [0, 0.1) is 17.7 Å². The quantitative estimate of drug-likeness (QED) is 0.807. The summed E-state index contributed by atoms with van der Waals surface area (Å²) >= 11 is 0. The lowest BCUT2D eigenvalue weighted by atomic mass is 10.1. The minimum atomic E-state index is -0.194. The average molecular weight is 234 g/mol. The van der Waals surface area contributed by atoms with Crippen LogP contribution >= 0.6 is 0 Å². The summed E-state index contributed by atoms with van der Waals surface area (Å²) < 4.78 is 13.8. The fourth-order valence-electron chi connectivity index (χ4n) is 1.59. The summed E-state index contributed by atoms with van der Waals surface area (Å²) in [7, 11) is 0. The lowest BCUT2D eigenvalue weighted by Gasteiger charge is -2.18. The van der Waals surface area contributed by atoms with Gasteiger partial charge in [0.15, 0.2) is 0 Å². The zero-order valence-electron chi connectivity index (χ0n) is 10.5. The number of halogens is 1. The topological polar surface area (TPSA) is 29.3 Å². The Balaban J connectivity index is 2.82. The Bertz CT molecular complexity index is 414. The predicted octanol–water partition coefficient (Wildman–Crippen LogP) is 1.98. The molecule has 0 unspecified atom stereocenters. The molecule has 3 heteroatoms. The van der Waals surface area contributed by atoms with E-state index in [9.17, 15) is 4.39 Å². The number of hydrogen-bond donors (Lipinski definition) is 1. The molecule has 17 heavy (non-hydrogen) atoms. The Hall–Kier alpha value is -1.37. The van der Waals surface area contributed by atoms with E-state index in [0.29, 0.717) is 24.2 Å². The molecule has 92 valence electrons. The van der Waals surface area contributed by atoms with Crippen LogP contribution in [0.2, 0.25) is 0 Å². The summed E-state index contributed by atoms with van der Waals surface area (Å²) in [4.78, 5) is 2.17. The van der Waals surface area contributed by atoms with Crippen LogP contribution < -0.4 is 5.73 Å². The highest BCUT2D eigenvalue weighted by Crippen LogP contribution is 2.12. The minimum Gasteiger partial charge on any atom is -0.320 e. The summed E-state index contributed by atoms with van der Waals surface area (Å²) in [5, 5.41) is 0. The second-order valence-electron chi connectivity index (χ2n) is 3.77. The van der Waals surface area contributed by atoms with Gasteiger partial charge in [-0.1, -0.05) is 31.8 Å². The molecule has 2 N–H and O–H groups in total. The average Bonchev–Trinajstić information content (AvgIpc) is 2.35. The minimum absolute atomic E-state index is 0.194. The monoisotopic (exact) mass is 234 g/mol. The van der Waals surface area contributed by atoms with Crippen LogP contribution in [0.1, 0.15) is 25.0 Å². The molecule has 0 bridgehead atoms. The number of hydrogen-bond acceptors (Lipinski definition) is 2. The van der Waals surface area contributed by atoms with Gasteiger partial charge in [-0.15, -0.1) is 0 Å². The molecule has 1 rings (SSSR count). The molecule has 0 radical (unpaired) electrons. The van der Waals surface area contributed by atoms with Crippen molar-refractivity contribution in [2.75, 3.05) is 19.6 Å². The normalized spacial score (nSPS) is 10.2. The van der Waals surface area contributed by atoms with Gasteiger partial charge in [0.05, 0.1) is 6.54 Å². The van der Waals surface area contributed by atoms with E-state index >= 15 is 0 Å². The van der Waals surface area contributed by atoms with Gasteiger partial charge < -0.3 is 5.73 Å². The van der Waals surface area contributed by atoms with Crippen molar-refractivity contribution in [1.29, 1.82) is 0 Å². The highest BCUT2D eigenvalue weighted by molar-refractivity contribution is 5.37. The fourth-order valence-corrected chi connectivity index (χ4v) is 1.59. The maximum Gasteiger partial charge on any atom is 0.128 e. The van der Waals surface area contributed by atoms with Gasteiger partial charge in [-0.2, -0.15) is 0 Å². The van der Waals surface area contributed by atoms with Crippen LogP contribution in [-0.2, 0) is 6.54 Å². The highest BCUT2D eigenvalue weighted by Gasteiger charge is 2.06. The number of nitrogens with zero attached hydrogens (tertiary/aromatic N) is 1. The lowest BCUT2D eigenvalue weighted by Crippen LogP contribution is -2.22. The Labute approximate surface area is 103 Å². The van der Waals surface area contributed by atoms with Crippen molar-refractivity contribution in [1.82, 2.24) is 4.90 Å². The van der Waals surface area contributed by atoms with Crippen LogP contribution in [-0.4, -0.2) is 24.5 Å². The van der Waals surface area contributed by atoms with E-state index in [1.165, 1.54) is 6.07 Å². The lowest BCUT2D eigenvalue weighted by molar-refractivity contribution is 0.291. The maximum absolute atomic E-state index is 13.8. The molecule has 0 fully saturated rings. The van der Waals surface area contributed by atoms with E-state index < -0.39 is 0 Å². The van der Waals surface area contributed by atoms with Crippen LogP contribution in [0.4, 0.5) is 4.39 Å². The van der Waals surface area contributed by atoms with Crippen molar-refractivity contribution in [3.05, 3.63) is 35.1 Å². The van der Waals surface area contributed by atoms with Crippen LogP contribution in [0.25, 0.3) is 0 Å². The molecule has 0 saturated heterocycles. The van der Waals surface area contributed by atoms with Crippen molar-refractivity contribution in [3.63, 3.8) is 0 Å². The first-order valence-corrected chi connectivity index (χ1v) is 5.91. The summed E-state index contributed by atoms with van der Waals surface area (Å²) in [5.41, 5.74) is 6.66. The third-order valence-corrected chi connectivity index (χ3v) is 2.68. The molecule has 0 aliphatic carbocycles. The smallest absolute Gasteiger partial charge is 0.128 e. The SMILES string of the molecule is CCN(CC)Cc1ccc(C#CCN)cc1F. The van der Waals surface area contributed by atoms with E-state index in [-0.39, 0.29) is 5.82 Å². The fraction of sp³-hybridized carbons (Fsp3) is 0.429. The summed E-state index contributed by atoms with van der Waals surface area (Å²) in [5.74, 6) is 5.35. The van der Waals surface area contributed by atoms with Gasteiger partial charge in [-0.05, 0) is 25.2 Å². The Morgan fingerprint density at radius 2 is 2.00 bits per heavy atom. The highest BCUT2D eigenvalue weighted by atomic mass is 19.1. The number of rotatable bonds is 4. The van der Waals surface area contributed by atoms with Gasteiger partial charge in [0.2, 0.25) is 0 Å².